The SMILES string of the molecule is NC(=O)[C@@H]1CC[C@H](C(=O)N2CC[C@@H]3CN(C(=O)CCn4ccc5ccccc54)[C@@H]3C2)O1. The molecule has 3 amide bonds. The van der Waals surface area contributed by atoms with Crippen molar-refractivity contribution in [3.8, 4) is 0 Å². The van der Waals surface area contributed by atoms with Crippen LogP contribution in [0.4, 0.5) is 0 Å². The summed E-state index contributed by atoms with van der Waals surface area (Å²) in [5.41, 5.74) is 6.44. The van der Waals surface area contributed by atoms with E-state index in [1.54, 1.807) is 4.90 Å². The zero-order valence-electron chi connectivity index (χ0n) is 17.5. The summed E-state index contributed by atoms with van der Waals surface area (Å²) < 4.78 is 7.68. The second-order valence-electron chi connectivity index (χ2n) is 8.86. The number of hydrogen-bond donors (Lipinski definition) is 1. The van der Waals surface area contributed by atoms with Gasteiger partial charge in [0.15, 0.2) is 0 Å². The molecule has 2 aromatic rings. The van der Waals surface area contributed by atoms with E-state index in [9.17, 15) is 14.4 Å². The van der Waals surface area contributed by atoms with Gasteiger partial charge in [-0.2, -0.15) is 0 Å². The third-order valence-electron chi connectivity index (χ3n) is 7.04. The summed E-state index contributed by atoms with van der Waals surface area (Å²) in [6.07, 6.45) is 3.11. The molecule has 31 heavy (non-hydrogen) atoms. The number of aromatic nitrogens is 1. The topological polar surface area (TPSA) is 97.9 Å². The molecule has 0 spiro atoms. The van der Waals surface area contributed by atoms with Crippen LogP contribution >= 0.6 is 0 Å². The highest BCUT2D eigenvalue weighted by atomic mass is 16.5. The van der Waals surface area contributed by atoms with Gasteiger partial charge in [-0.25, -0.2) is 0 Å². The van der Waals surface area contributed by atoms with Crippen LogP contribution in [-0.2, 0) is 25.7 Å². The molecule has 0 aliphatic carbocycles. The Balaban J connectivity index is 1.17. The number of nitrogens with zero attached hydrogens (tertiary/aromatic N) is 3. The van der Waals surface area contributed by atoms with Crippen LogP contribution in [0.15, 0.2) is 36.5 Å². The maximum absolute atomic E-state index is 12.9. The molecule has 8 nitrogen and oxygen atoms in total. The van der Waals surface area contributed by atoms with Crippen LogP contribution in [0.25, 0.3) is 10.9 Å². The molecule has 164 valence electrons. The number of fused-ring (bicyclic) bond motifs is 2. The number of rotatable bonds is 5. The summed E-state index contributed by atoms with van der Waals surface area (Å²) in [4.78, 5) is 40.8. The lowest BCUT2D eigenvalue weighted by Crippen LogP contribution is -2.66. The second-order valence-corrected chi connectivity index (χ2v) is 8.86. The first kappa shape index (κ1) is 20.1. The van der Waals surface area contributed by atoms with Crippen LogP contribution in [-0.4, -0.2) is 70.0 Å². The van der Waals surface area contributed by atoms with Gasteiger partial charge in [0.25, 0.3) is 5.91 Å². The molecular formula is C23H28N4O4. The summed E-state index contributed by atoms with van der Waals surface area (Å²) in [6, 6.07) is 10.3. The highest BCUT2D eigenvalue weighted by Crippen LogP contribution is 2.34. The maximum Gasteiger partial charge on any atom is 0.251 e. The van der Waals surface area contributed by atoms with Gasteiger partial charge in [0.2, 0.25) is 11.8 Å². The fraction of sp³-hybridized carbons (Fsp3) is 0.522. The quantitative estimate of drug-likeness (QED) is 0.778. The molecule has 3 fully saturated rings. The number of benzene rings is 1. The highest BCUT2D eigenvalue weighted by Gasteiger charge is 2.47. The van der Waals surface area contributed by atoms with Gasteiger partial charge < -0.3 is 24.8 Å². The van der Waals surface area contributed by atoms with Crippen LogP contribution in [0.3, 0.4) is 0 Å². The van der Waals surface area contributed by atoms with Gasteiger partial charge in [0.05, 0.1) is 6.04 Å². The monoisotopic (exact) mass is 424 g/mol. The van der Waals surface area contributed by atoms with Crippen molar-refractivity contribution in [3.05, 3.63) is 36.5 Å². The van der Waals surface area contributed by atoms with Gasteiger partial charge in [-0.05, 0) is 36.8 Å². The van der Waals surface area contributed by atoms with Crippen molar-refractivity contribution >= 4 is 28.6 Å². The molecule has 4 heterocycles. The third-order valence-corrected chi connectivity index (χ3v) is 7.04. The van der Waals surface area contributed by atoms with Crippen molar-refractivity contribution in [2.45, 2.75) is 50.5 Å². The number of amides is 3. The third kappa shape index (κ3) is 3.69. The van der Waals surface area contributed by atoms with Crippen LogP contribution in [0.1, 0.15) is 25.7 Å². The number of carbonyl (C=O) groups excluding carboxylic acids is 3. The number of primary amides is 1. The molecule has 1 aromatic carbocycles. The van der Waals surface area contributed by atoms with Gasteiger partial charge in [0.1, 0.15) is 12.2 Å². The fourth-order valence-electron chi connectivity index (χ4n) is 5.21. The number of likely N-dealkylation sites (tertiary alicyclic amines) is 2. The van der Waals surface area contributed by atoms with Crippen LogP contribution in [0, 0.1) is 5.92 Å². The minimum absolute atomic E-state index is 0.0830. The van der Waals surface area contributed by atoms with E-state index in [4.69, 9.17) is 10.5 Å². The van der Waals surface area contributed by atoms with E-state index in [1.807, 2.05) is 23.2 Å². The van der Waals surface area contributed by atoms with Gasteiger partial charge in [-0.1, -0.05) is 18.2 Å². The number of aryl methyl sites for hydroxylation is 1. The van der Waals surface area contributed by atoms with Crippen LogP contribution in [0.2, 0.25) is 0 Å². The lowest BCUT2D eigenvalue weighted by atomic mass is 9.82. The number of para-hydroxylation sites is 1. The minimum Gasteiger partial charge on any atom is -0.367 e. The molecule has 2 N–H and O–H groups in total. The first-order valence-corrected chi connectivity index (χ1v) is 11.1. The zero-order chi connectivity index (χ0) is 21.5. The largest absolute Gasteiger partial charge is 0.367 e. The van der Waals surface area contributed by atoms with Crippen molar-refractivity contribution in [2.24, 2.45) is 11.7 Å². The van der Waals surface area contributed by atoms with E-state index >= 15 is 0 Å². The summed E-state index contributed by atoms with van der Waals surface area (Å²) in [5.74, 6) is 0.00284. The molecule has 1 aromatic heterocycles. The number of carbonyl (C=O) groups is 3. The maximum atomic E-state index is 12.9. The van der Waals surface area contributed by atoms with E-state index < -0.39 is 18.1 Å². The van der Waals surface area contributed by atoms with Crippen molar-refractivity contribution in [3.63, 3.8) is 0 Å². The predicted octanol–water partition coefficient (Wildman–Crippen LogP) is 1.12. The molecule has 5 rings (SSSR count). The van der Waals surface area contributed by atoms with Gasteiger partial charge in [-0.3, -0.25) is 14.4 Å². The Morgan fingerprint density at radius 2 is 1.84 bits per heavy atom. The van der Waals surface area contributed by atoms with Crippen LogP contribution < -0.4 is 5.73 Å². The Morgan fingerprint density at radius 1 is 1.03 bits per heavy atom. The van der Waals surface area contributed by atoms with E-state index in [2.05, 4.69) is 22.8 Å². The summed E-state index contributed by atoms with van der Waals surface area (Å²) in [5, 5.41) is 1.17. The molecule has 0 bridgehead atoms. The first-order chi connectivity index (χ1) is 15.0. The standard InChI is InChI=1S/C23H28N4O4/c24-22(29)19-5-6-20(31-19)23(30)26-11-8-16-13-27(18(16)14-26)21(28)9-12-25-10-7-15-3-1-2-4-17(15)25/h1-4,7,10,16,18-20H,5-6,8-9,11-14H2,(H2,24,29)/t16-,18-,19+,20-/m1/s1. The normalized spacial score (nSPS) is 27.7. The molecule has 0 unspecified atom stereocenters. The Hall–Kier alpha value is -2.87. The molecule has 3 saturated heterocycles. The summed E-state index contributed by atoms with van der Waals surface area (Å²) in [7, 11) is 0. The average molecular weight is 425 g/mol. The Bertz CT molecular complexity index is 1020. The predicted molar refractivity (Wildman–Crippen MR) is 114 cm³/mol. The van der Waals surface area contributed by atoms with Crippen molar-refractivity contribution in [1.29, 1.82) is 0 Å². The van der Waals surface area contributed by atoms with Crippen molar-refractivity contribution in [2.75, 3.05) is 19.6 Å². The molecule has 3 aliphatic rings. The minimum atomic E-state index is -0.668. The van der Waals surface area contributed by atoms with E-state index in [0.717, 1.165) is 18.5 Å². The van der Waals surface area contributed by atoms with Crippen molar-refractivity contribution in [1.82, 2.24) is 14.4 Å². The molecular weight excluding hydrogens is 396 g/mol. The average Bonchev–Trinajstić information content (AvgIpc) is 3.40. The smallest absolute Gasteiger partial charge is 0.251 e. The Morgan fingerprint density at radius 3 is 2.65 bits per heavy atom. The number of piperidine rings is 1. The number of ether oxygens (including phenoxy) is 1. The van der Waals surface area contributed by atoms with E-state index in [-0.39, 0.29) is 17.9 Å². The lowest BCUT2D eigenvalue weighted by Gasteiger charge is -2.53. The molecule has 3 aliphatic heterocycles. The van der Waals surface area contributed by atoms with Gasteiger partial charge in [0, 0.05) is 50.2 Å². The molecule has 0 saturated carbocycles. The number of hydrogen-bond acceptors (Lipinski definition) is 4. The number of nitrogens with two attached hydrogens (primary N) is 1. The van der Waals surface area contributed by atoms with Crippen LogP contribution in [0.5, 0.6) is 0 Å². The summed E-state index contributed by atoms with van der Waals surface area (Å²) >= 11 is 0. The van der Waals surface area contributed by atoms with Gasteiger partial charge in [-0.15, -0.1) is 0 Å². The Labute approximate surface area is 180 Å². The zero-order valence-corrected chi connectivity index (χ0v) is 17.5. The van der Waals surface area contributed by atoms with E-state index in [1.165, 1.54) is 5.39 Å². The highest BCUT2D eigenvalue weighted by molar-refractivity contribution is 5.85. The molecule has 8 heteroatoms. The van der Waals surface area contributed by atoms with E-state index in [0.29, 0.717) is 44.8 Å². The van der Waals surface area contributed by atoms with Gasteiger partial charge >= 0.3 is 0 Å². The second kappa shape index (κ2) is 8.00. The van der Waals surface area contributed by atoms with Crippen molar-refractivity contribution < 1.29 is 19.1 Å². The Kier molecular flexibility index (Phi) is 5.17. The fourth-order valence-corrected chi connectivity index (χ4v) is 5.21. The lowest BCUT2D eigenvalue weighted by molar-refractivity contribution is -0.159. The summed E-state index contributed by atoms with van der Waals surface area (Å²) in [6.45, 7) is 2.65. The first-order valence-electron chi connectivity index (χ1n) is 11.1. The molecule has 4 atom stereocenters. The molecule has 0 radical (unpaired) electrons.